The van der Waals surface area contributed by atoms with Gasteiger partial charge >= 0.3 is 0 Å². The molecule has 0 radical (unpaired) electrons. The Morgan fingerprint density at radius 3 is 2.18 bits per heavy atom. The van der Waals surface area contributed by atoms with Gasteiger partial charge in [0.25, 0.3) is 0 Å². The van der Waals surface area contributed by atoms with Crippen LogP contribution in [0.4, 0.5) is 0 Å². The number of aliphatic hydroxyl groups is 1. The Labute approximate surface area is 132 Å². The molecule has 0 bridgehead atoms. The van der Waals surface area contributed by atoms with Gasteiger partial charge in [0.1, 0.15) is 17.2 Å². The second-order valence-electron chi connectivity index (χ2n) is 5.88. The summed E-state index contributed by atoms with van der Waals surface area (Å²) in [5.74, 6) is 2.88. The maximum atomic E-state index is 9.27. The van der Waals surface area contributed by atoms with Crippen molar-refractivity contribution >= 4 is 0 Å². The Hall–Kier alpha value is -2.00. The van der Waals surface area contributed by atoms with Crippen LogP contribution in [0.1, 0.15) is 42.0 Å². The smallest absolute Gasteiger partial charge is 0.133 e. The van der Waals surface area contributed by atoms with E-state index in [2.05, 4.69) is 13.8 Å². The third-order valence-corrected chi connectivity index (χ3v) is 3.75. The minimum atomic E-state index is 0.0436. The first-order valence-electron chi connectivity index (χ1n) is 7.53. The minimum absolute atomic E-state index is 0.0436. The second kappa shape index (κ2) is 6.84. The SMILES string of the molecule is COc1ccc(Oc2c(C)cc(CO)cc2C)cc1C(C)C. The summed E-state index contributed by atoms with van der Waals surface area (Å²) in [4.78, 5) is 0. The Kier molecular flexibility index (Phi) is 5.09. The molecule has 0 atom stereocenters. The molecule has 118 valence electrons. The molecule has 0 heterocycles. The summed E-state index contributed by atoms with van der Waals surface area (Å²) in [6.45, 7) is 8.30. The van der Waals surface area contributed by atoms with E-state index in [-0.39, 0.29) is 6.61 Å². The lowest BCUT2D eigenvalue weighted by molar-refractivity contribution is 0.281. The Bertz CT molecular complexity index is 637. The van der Waals surface area contributed by atoms with Crippen molar-refractivity contribution in [2.75, 3.05) is 7.11 Å². The molecule has 0 aliphatic rings. The molecule has 2 rings (SSSR count). The van der Waals surface area contributed by atoms with Crippen LogP contribution in [-0.4, -0.2) is 12.2 Å². The molecule has 0 fully saturated rings. The van der Waals surface area contributed by atoms with Crippen molar-refractivity contribution < 1.29 is 14.6 Å². The molecule has 3 heteroatoms. The summed E-state index contributed by atoms with van der Waals surface area (Å²) < 4.78 is 11.5. The van der Waals surface area contributed by atoms with Crippen molar-refractivity contribution in [2.24, 2.45) is 0 Å². The quantitative estimate of drug-likeness (QED) is 0.868. The number of hydrogen-bond donors (Lipinski definition) is 1. The summed E-state index contributed by atoms with van der Waals surface area (Å²) in [6.07, 6.45) is 0. The van der Waals surface area contributed by atoms with Crippen LogP contribution in [0, 0.1) is 13.8 Å². The average Bonchev–Trinajstić information content (AvgIpc) is 2.50. The number of aliphatic hydroxyl groups excluding tert-OH is 1. The summed E-state index contributed by atoms with van der Waals surface area (Å²) in [7, 11) is 1.68. The molecule has 0 aliphatic heterocycles. The van der Waals surface area contributed by atoms with Gasteiger partial charge in [-0.1, -0.05) is 26.0 Å². The number of hydrogen-bond acceptors (Lipinski definition) is 3. The van der Waals surface area contributed by atoms with Gasteiger partial charge in [0.2, 0.25) is 0 Å². The first-order valence-corrected chi connectivity index (χ1v) is 7.53. The summed E-state index contributed by atoms with van der Waals surface area (Å²) in [5, 5.41) is 9.27. The van der Waals surface area contributed by atoms with E-state index in [0.29, 0.717) is 5.92 Å². The van der Waals surface area contributed by atoms with Crippen molar-refractivity contribution in [3.05, 3.63) is 52.6 Å². The molecule has 0 saturated carbocycles. The molecule has 2 aromatic rings. The van der Waals surface area contributed by atoms with Gasteiger partial charge < -0.3 is 14.6 Å². The van der Waals surface area contributed by atoms with Crippen molar-refractivity contribution in [1.82, 2.24) is 0 Å². The first-order chi connectivity index (χ1) is 10.5. The lowest BCUT2D eigenvalue weighted by atomic mass is 10.0. The zero-order chi connectivity index (χ0) is 16.3. The lowest BCUT2D eigenvalue weighted by Crippen LogP contribution is -1.97. The highest BCUT2D eigenvalue weighted by molar-refractivity contribution is 5.48. The van der Waals surface area contributed by atoms with E-state index in [9.17, 15) is 5.11 Å². The number of methoxy groups -OCH3 is 1. The van der Waals surface area contributed by atoms with Gasteiger partial charge in [0.15, 0.2) is 0 Å². The number of ether oxygens (including phenoxy) is 2. The number of benzene rings is 2. The standard InChI is InChI=1S/C19H24O3/c1-12(2)17-10-16(6-7-18(17)21-5)22-19-13(3)8-15(11-20)9-14(19)4/h6-10,12,20H,11H2,1-5H3. The Balaban J connectivity index is 2.37. The lowest BCUT2D eigenvalue weighted by Gasteiger charge is -2.16. The van der Waals surface area contributed by atoms with E-state index in [1.807, 2.05) is 44.2 Å². The molecule has 3 nitrogen and oxygen atoms in total. The van der Waals surface area contributed by atoms with Gasteiger partial charge in [-0.3, -0.25) is 0 Å². The highest BCUT2D eigenvalue weighted by Gasteiger charge is 2.12. The predicted octanol–water partition coefficient (Wildman–Crippen LogP) is 4.72. The molecule has 22 heavy (non-hydrogen) atoms. The molecule has 0 aliphatic carbocycles. The second-order valence-corrected chi connectivity index (χ2v) is 5.88. The van der Waals surface area contributed by atoms with E-state index < -0.39 is 0 Å². The molecule has 0 aromatic heterocycles. The fraction of sp³-hybridized carbons (Fsp3) is 0.368. The van der Waals surface area contributed by atoms with Crippen LogP contribution in [0.25, 0.3) is 0 Å². The third-order valence-electron chi connectivity index (χ3n) is 3.75. The predicted molar refractivity (Wildman–Crippen MR) is 89.0 cm³/mol. The van der Waals surface area contributed by atoms with Crippen LogP contribution < -0.4 is 9.47 Å². The normalized spacial score (nSPS) is 10.9. The van der Waals surface area contributed by atoms with Crippen LogP contribution in [0.15, 0.2) is 30.3 Å². The number of aryl methyl sites for hydroxylation is 2. The van der Waals surface area contributed by atoms with Crippen LogP contribution in [0.2, 0.25) is 0 Å². The van der Waals surface area contributed by atoms with E-state index in [4.69, 9.17) is 9.47 Å². The maximum absolute atomic E-state index is 9.27. The fourth-order valence-corrected chi connectivity index (χ4v) is 2.64. The molecule has 0 unspecified atom stereocenters. The third kappa shape index (κ3) is 3.42. The zero-order valence-electron chi connectivity index (χ0n) is 13.9. The van der Waals surface area contributed by atoms with Crippen molar-refractivity contribution in [2.45, 2.75) is 40.2 Å². The van der Waals surface area contributed by atoms with Gasteiger partial charge in [-0.05, 0) is 54.7 Å². The molecule has 2 aromatic carbocycles. The Morgan fingerprint density at radius 1 is 1.05 bits per heavy atom. The number of rotatable bonds is 5. The van der Waals surface area contributed by atoms with Gasteiger partial charge in [-0.15, -0.1) is 0 Å². The van der Waals surface area contributed by atoms with Gasteiger partial charge in [0, 0.05) is 5.56 Å². The summed E-state index contributed by atoms with van der Waals surface area (Å²) >= 11 is 0. The molecule has 1 N–H and O–H groups in total. The highest BCUT2D eigenvalue weighted by Crippen LogP contribution is 2.34. The van der Waals surface area contributed by atoms with Crippen molar-refractivity contribution in [3.8, 4) is 17.2 Å². The van der Waals surface area contributed by atoms with E-state index >= 15 is 0 Å². The first kappa shape index (κ1) is 16.4. The molecular formula is C19H24O3. The van der Waals surface area contributed by atoms with Gasteiger partial charge in [0.05, 0.1) is 13.7 Å². The van der Waals surface area contributed by atoms with E-state index in [1.165, 1.54) is 0 Å². The molecule has 0 spiro atoms. The summed E-state index contributed by atoms with van der Waals surface area (Å²) in [5.41, 5.74) is 4.07. The minimum Gasteiger partial charge on any atom is -0.496 e. The van der Waals surface area contributed by atoms with Crippen LogP contribution in [0.5, 0.6) is 17.2 Å². The topological polar surface area (TPSA) is 38.7 Å². The molecule has 0 saturated heterocycles. The fourth-order valence-electron chi connectivity index (χ4n) is 2.64. The van der Waals surface area contributed by atoms with E-state index in [0.717, 1.165) is 39.5 Å². The summed E-state index contributed by atoms with van der Waals surface area (Å²) in [6, 6.07) is 9.80. The molecular weight excluding hydrogens is 276 g/mol. The monoisotopic (exact) mass is 300 g/mol. The van der Waals surface area contributed by atoms with Crippen molar-refractivity contribution in [1.29, 1.82) is 0 Å². The van der Waals surface area contributed by atoms with Crippen LogP contribution in [-0.2, 0) is 6.61 Å². The van der Waals surface area contributed by atoms with Crippen molar-refractivity contribution in [3.63, 3.8) is 0 Å². The van der Waals surface area contributed by atoms with Crippen LogP contribution in [0.3, 0.4) is 0 Å². The maximum Gasteiger partial charge on any atom is 0.133 e. The highest BCUT2D eigenvalue weighted by atomic mass is 16.5. The zero-order valence-corrected chi connectivity index (χ0v) is 13.9. The van der Waals surface area contributed by atoms with Gasteiger partial charge in [-0.2, -0.15) is 0 Å². The van der Waals surface area contributed by atoms with Crippen LogP contribution >= 0.6 is 0 Å². The van der Waals surface area contributed by atoms with E-state index in [1.54, 1.807) is 7.11 Å². The van der Waals surface area contributed by atoms with Gasteiger partial charge in [-0.25, -0.2) is 0 Å². The largest absolute Gasteiger partial charge is 0.496 e. The Morgan fingerprint density at radius 2 is 1.68 bits per heavy atom. The average molecular weight is 300 g/mol. The molecule has 0 amide bonds.